The highest BCUT2D eigenvalue weighted by Gasteiger charge is 2.12. The van der Waals surface area contributed by atoms with E-state index in [0.29, 0.717) is 12.2 Å². The molecule has 0 saturated carbocycles. The van der Waals surface area contributed by atoms with E-state index in [0.717, 1.165) is 22.2 Å². The monoisotopic (exact) mass is 320 g/mol. The molecule has 118 valence electrons. The molecule has 0 unspecified atom stereocenters. The third kappa shape index (κ3) is 2.52. The van der Waals surface area contributed by atoms with Gasteiger partial charge in [-0.1, -0.05) is 46.8 Å². The Labute approximate surface area is 136 Å². The number of nitrogens with zero attached hydrogens (tertiary/aromatic N) is 4. The molecule has 7 nitrogen and oxygen atoms in total. The highest BCUT2D eigenvalue weighted by atomic mass is 16.5. The van der Waals surface area contributed by atoms with E-state index in [-0.39, 0.29) is 5.76 Å². The number of fused-ring (bicyclic) bond motifs is 1. The molecule has 0 amide bonds. The Morgan fingerprint density at radius 2 is 1.92 bits per heavy atom. The first kappa shape index (κ1) is 14.1. The van der Waals surface area contributed by atoms with Gasteiger partial charge in [0.2, 0.25) is 5.76 Å². The van der Waals surface area contributed by atoms with E-state index in [2.05, 4.69) is 15.5 Å². The van der Waals surface area contributed by atoms with Crippen molar-refractivity contribution >= 4 is 17.0 Å². The zero-order valence-electron chi connectivity index (χ0n) is 12.5. The summed E-state index contributed by atoms with van der Waals surface area (Å²) in [6.45, 7) is 0.597. The number of benzene rings is 2. The van der Waals surface area contributed by atoms with Crippen molar-refractivity contribution in [2.75, 3.05) is 0 Å². The molecule has 0 spiro atoms. The van der Waals surface area contributed by atoms with Crippen molar-refractivity contribution in [3.05, 3.63) is 65.9 Å². The highest BCUT2D eigenvalue weighted by molar-refractivity contribution is 5.85. The first-order valence-corrected chi connectivity index (χ1v) is 7.28. The van der Waals surface area contributed by atoms with Crippen LogP contribution in [0.4, 0.5) is 0 Å². The lowest BCUT2D eigenvalue weighted by Gasteiger charge is -2.03. The van der Waals surface area contributed by atoms with Crippen LogP contribution in [0.2, 0.25) is 0 Å². The molecule has 0 radical (unpaired) electrons. The van der Waals surface area contributed by atoms with Gasteiger partial charge in [0.15, 0.2) is 0 Å². The minimum absolute atomic E-state index is 0.178. The Bertz CT molecular complexity index is 1020. The molecule has 24 heavy (non-hydrogen) atoms. The molecule has 2 heterocycles. The summed E-state index contributed by atoms with van der Waals surface area (Å²) in [6.07, 6.45) is 0. The van der Waals surface area contributed by atoms with E-state index in [9.17, 15) is 4.79 Å². The van der Waals surface area contributed by atoms with Crippen molar-refractivity contribution in [1.82, 2.24) is 20.2 Å². The van der Waals surface area contributed by atoms with E-state index in [4.69, 9.17) is 9.63 Å². The van der Waals surface area contributed by atoms with Crippen molar-refractivity contribution in [2.45, 2.75) is 6.54 Å². The van der Waals surface area contributed by atoms with Crippen molar-refractivity contribution < 1.29 is 14.4 Å². The highest BCUT2D eigenvalue weighted by Crippen LogP contribution is 2.20. The summed E-state index contributed by atoms with van der Waals surface area (Å²) in [5.74, 6) is -1.31. The average Bonchev–Trinajstić information content (AvgIpc) is 3.24. The van der Waals surface area contributed by atoms with E-state index < -0.39 is 5.97 Å². The molecule has 1 N–H and O–H groups in total. The lowest BCUT2D eigenvalue weighted by atomic mass is 10.1. The third-order valence-electron chi connectivity index (χ3n) is 3.72. The van der Waals surface area contributed by atoms with Crippen molar-refractivity contribution in [1.29, 1.82) is 0 Å². The predicted octanol–water partition coefficient (Wildman–Crippen LogP) is 2.83. The van der Waals surface area contributed by atoms with E-state index >= 15 is 0 Å². The maximum atomic E-state index is 10.8. The van der Waals surface area contributed by atoms with Gasteiger partial charge < -0.3 is 9.63 Å². The molecule has 4 aromatic rings. The zero-order chi connectivity index (χ0) is 16.5. The molecule has 0 aliphatic carbocycles. The lowest BCUT2D eigenvalue weighted by Crippen LogP contribution is -2.01. The topological polar surface area (TPSA) is 94.0 Å². The van der Waals surface area contributed by atoms with Gasteiger partial charge in [-0.3, -0.25) is 0 Å². The number of carboxylic acids is 1. The zero-order valence-corrected chi connectivity index (χ0v) is 12.5. The first-order chi connectivity index (χ1) is 11.7. The fourth-order valence-electron chi connectivity index (χ4n) is 2.50. The van der Waals surface area contributed by atoms with Crippen LogP contribution >= 0.6 is 0 Å². The normalized spacial score (nSPS) is 11.0. The van der Waals surface area contributed by atoms with Gasteiger partial charge in [0.25, 0.3) is 0 Å². The van der Waals surface area contributed by atoms with Gasteiger partial charge >= 0.3 is 5.97 Å². The minimum Gasteiger partial charge on any atom is -0.475 e. The predicted molar refractivity (Wildman–Crippen MR) is 85.5 cm³/mol. The Hall–Kier alpha value is -3.48. The van der Waals surface area contributed by atoms with E-state index in [1.165, 1.54) is 6.07 Å². The molecule has 0 fully saturated rings. The van der Waals surface area contributed by atoms with Gasteiger partial charge in [0.1, 0.15) is 11.2 Å². The smallest absolute Gasteiger partial charge is 0.374 e. The van der Waals surface area contributed by atoms with Crippen LogP contribution in [0.15, 0.2) is 59.1 Å². The van der Waals surface area contributed by atoms with Crippen molar-refractivity contribution in [3.63, 3.8) is 0 Å². The molecular weight excluding hydrogens is 308 g/mol. The maximum absolute atomic E-state index is 10.8. The summed E-state index contributed by atoms with van der Waals surface area (Å²) < 4.78 is 6.61. The summed E-state index contributed by atoms with van der Waals surface area (Å²) >= 11 is 0. The average molecular weight is 320 g/mol. The van der Waals surface area contributed by atoms with Crippen LogP contribution in [0.3, 0.4) is 0 Å². The summed E-state index contributed by atoms with van der Waals surface area (Å²) in [6, 6.07) is 16.8. The van der Waals surface area contributed by atoms with E-state index in [1.54, 1.807) is 0 Å². The molecule has 0 aliphatic heterocycles. The Kier molecular flexibility index (Phi) is 3.31. The minimum atomic E-state index is -1.14. The number of hydrogen-bond donors (Lipinski definition) is 1. The number of carbonyl (C=O) groups is 1. The Morgan fingerprint density at radius 3 is 2.67 bits per heavy atom. The van der Waals surface area contributed by atoms with Crippen LogP contribution in [-0.2, 0) is 6.54 Å². The van der Waals surface area contributed by atoms with Gasteiger partial charge in [-0.2, -0.15) is 0 Å². The van der Waals surface area contributed by atoms with Gasteiger partial charge in [-0.05, 0) is 17.7 Å². The summed E-state index contributed by atoms with van der Waals surface area (Å²) in [5.41, 5.74) is 4.17. The van der Waals surface area contributed by atoms with Gasteiger partial charge in [-0.15, -0.1) is 5.10 Å². The Balaban J connectivity index is 1.58. The number of aromatic nitrogens is 4. The molecule has 0 saturated heterocycles. The molecule has 0 bridgehead atoms. The van der Waals surface area contributed by atoms with Crippen molar-refractivity contribution in [3.8, 4) is 11.3 Å². The van der Waals surface area contributed by atoms with Crippen LogP contribution < -0.4 is 0 Å². The summed E-state index contributed by atoms with van der Waals surface area (Å²) in [7, 11) is 0. The van der Waals surface area contributed by atoms with Crippen LogP contribution in [0.5, 0.6) is 0 Å². The summed E-state index contributed by atoms with van der Waals surface area (Å²) in [4.78, 5) is 10.8. The SMILES string of the molecule is O=C(O)c1cc(-c2ccc(Cn3nnc4ccccc43)cc2)no1. The molecule has 0 atom stereocenters. The van der Waals surface area contributed by atoms with Gasteiger partial charge in [0, 0.05) is 11.6 Å². The molecule has 2 aromatic carbocycles. The van der Waals surface area contributed by atoms with Crippen molar-refractivity contribution in [2.24, 2.45) is 0 Å². The van der Waals surface area contributed by atoms with Crippen LogP contribution in [0.25, 0.3) is 22.3 Å². The lowest BCUT2D eigenvalue weighted by molar-refractivity contribution is 0.0652. The van der Waals surface area contributed by atoms with E-state index in [1.807, 2.05) is 53.2 Å². The number of rotatable bonds is 4. The van der Waals surface area contributed by atoms with Gasteiger partial charge in [-0.25, -0.2) is 9.48 Å². The van der Waals surface area contributed by atoms with Crippen LogP contribution in [-0.4, -0.2) is 31.2 Å². The second kappa shape index (κ2) is 5.62. The van der Waals surface area contributed by atoms with Crippen LogP contribution in [0, 0.1) is 0 Å². The second-order valence-corrected chi connectivity index (χ2v) is 5.31. The number of carboxylic acid groups (broad SMARTS) is 1. The molecule has 2 aromatic heterocycles. The molecular formula is C17H12N4O3. The van der Waals surface area contributed by atoms with Crippen LogP contribution in [0.1, 0.15) is 16.1 Å². The second-order valence-electron chi connectivity index (χ2n) is 5.31. The molecule has 4 rings (SSSR count). The third-order valence-corrected chi connectivity index (χ3v) is 3.72. The number of hydrogen-bond acceptors (Lipinski definition) is 5. The molecule has 7 heteroatoms. The largest absolute Gasteiger partial charge is 0.475 e. The number of para-hydroxylation sites is 1. The molecule has 0 aliphatic rings. The quantitative estimate of drug-likeness (QED) is 0.621. The fraction of sp³-hybridized carbons (Fsp3) is 0.0588. The fourth-order valence-corrected chi connectivity index (χ4v) is 2.50. The number of aromatic carboxylic acids is 1. The standard InChI is InChI=1S/C17H12N4O3/c22-17(23)16-9-14(19-24-16)12-7-5-11(6-8-12)10-21-15-4-2-1-3-13(15)18-20-21/h1-9H,10H2,(H,22,23). The Morgan fingerprint density at radius 1 is 1.12 bits per heavy atom. The maximum Gasteiger partial charge on any atom is 0.374 e. The van der Waals surface area contributed by atoms with Gasteiger partial charge in [0.05, 0.1) is 12.1 Å². The first-order valence-electron chi connectivity index (χ1n) is 7.28. The summed E-state index contributed by atoms with van der Waals surface area (Å²) in [5, 5.41) is 20.9.